The van der Waals surface area contributed by atoms with E-state index in [9.17, 15) is 4.79 Å². The van der Waals surface area contributed by atoms with Crippen LogP contribution in [0.1, 0.15) is 24.8 Å². The Morgan fingerprint density at radius 3 is 2.81 bits per heavy atom. The van der Waals surface area contributed by atoms with E-state index in [0.29, 0.717) is 11.6 Å². The molecule has 1 saturated carbocycles. The molecule has 1 aliphatic heterocycles. The van der Waals surface area contributed by atoms with Crippen LogP contribution in [0.2, 0.25) is 5.02 Å². The first-order valence-corrected chi connectivity index (χ1v) is 10.5. The lowest BCUT2D eigenvalue weighted by atomic mass is 9.84. The molecule has 1 aliphatic carbocycles. The highest BCUT2D eigenvalue weighted by atomic mass is 35.5. The van der Waals surface area contributed by atoms with Crippen molar-refractivity contribution < 1.29 is 9.53 Å². The van der Waals surface area contributed by atoms with Crippen LogP contribution in [0, 0.1) is 12.8 Å². The van der Waals surface area contributed by atoms with Gasteiger partial charge in [0.05, 0.1) is 28.5 Å². The van der Waals surface area contributed by atoms with E-state index in [1.54, 1.807) is 0 Å². The van der Waals surface area contributed by atoms with Gasteiger partial charge in [-0.25, -0.2) is 4.98 Å². The molecule has 26 heavy (non-hydrogen) atoms. The van der Waals surface area contributed by atoms with Crippen LogP contribution in [0.15, 0.2) is 12.1 Å². The zero-order chi connectivity index (χ0) is 18.1. The SMILES string of the molecule is Cc1ccc(Cl)c2sc(N(CCN3CCOCC3)C(=O)C3CCC3)nc12. The van der Waals surface area contributed by atoms with Crippen LogP contribution >= 0.6 is 22.9 Å². The van der Waals surface area contributed by atoms with Crippen molar-refractivity contribution in [2.24, 2.45) is 5.92 Å². The Kier molecular flexibility index (Phi) is 5.45. The van der Waals surface area contributed by atoms with Crippen LogP contribution < -0.4 is 4.90 Å². The van der Waals surface area contributed by atoms with Crippen LogP contribution in [0.3, 0.4) is 0 Å². The number of nitrogens with zero attached hydrogens (tertiary/aromatic N) is 3. The van der Waals surface area contributed by atoms with Crippen LogP contribution in [-0.2, 0) is 9.53 Å². The number of aryl methyl sites for hydroxylation is 1. The number of aromatic nitrogens is 1. The van der Waals surface area contributed by atoms with Crippen LogP contribution in [0.25, 0.3) is 10.2 Å². The van der Waals surface area contributed by atoms with E-state index in [2.05, 4.69) is 4.90 Å². The Morgan fingerprint density at radius 2 is 2.15 bits per heavy atom. The molecule has 2 aliphatic rings. The van der Waals surface area contributed by atoms with Crippen molar-refractivity contribution in [3.8, 4) is 0 Å². The lowest BCUT2D eigenvalue weighted by molar-refractivity contribution is -0.124. The number of rotatable bonds is 5. The summed E-state index contributed by atoms with van der Waals surface area (Å²) in [5.41, 5.74) is 2.01. The van der Waals surface area contributed by atoms with Gasteiger partial charge in [-0.15, -0.1) is 0 Å². The summed E-state index contributed by atoms with van der Waals surface area (Å²) >= 11 is 7.90. The molecule has 0 N–H and O–H groups in total. The summed E-state index contributed by atoms with van der Waals surface area (Å²) in [7, 11) is 0. The molecule has 1 amide bonds. The molecule has 0 atom stereocenters. The number of hydrogen-bond acceptors (Lipinski definition) is 5. The average Bonchev–Trinajstić information content (AvgIpc) is 3.04. The van der Waals surface area contributed by atoms with Crippen LogP contribution in [0.4, 0.5) is 5.13 Å². The van der Waals surface area contributed by atoms with Gasteiger partial charge in [0.15, 0.2) is 5.13 Å². The first kappa shape index (κ1) is 18.2. The lowest BCUT2D eigenvalue weighted by Gasteiger charge is -2.33. The van der Waals surface area contributed by atoms with Crippen molar-refractivity contribution in [3.05, 3.63) is 22.7 Å². The summed E-state index contributed by atoms with van der Waals surface area (Å²) in [4.78, 5) is 22.1. The number of benzene rings is 1. The zero-order valence-electron chi connectivity index (χ0n) is 15.0. The maximum absolute atomic E-state index is 13.1. The molecule has 2 aromatic rings. The fraction of sp³-hybridized carbons (Fsp3) is 0.579. The monoisotopic (exact) mass is 393 g/mol. The van der Waals surface area contributed by atoms with Crippen molar-refractivity contribution >= 4 is 44.2 Å². The quantitative estimate of drug-likeness (QED) is 0.776. The van der Waals surface area contributed by atoms with E-state index < -0.39 is 0 Å². The maximum atomic E-state index is 13.1. The second-order valence-electron chi connectivity index (χ2n) is 7.11. The van der Waals surface area contributed by atoms with Gasteiger partial charge in [0.25, 0.3) is 0 Å². The lowest BCUT2D eigenvalue weighted by Crippen LogP contribution is -2.45. The summed E-state index contributed by atoms with van der Waals surface area (Å²) in [5.74, 6) is 0.376. The number of halogens is 1. The molecular weight excluding hydrogens is 370 g/mol. The smallest absolute Gasteiger partial charge is 0.231 e. The Morgan fingerprint density at radius 1 is 1.38 bits per heavy atom. The number of hydrogen-bond donors (Lipinski definition) is 0. The predicted octanol–water partition coefficient (Wildman–Crippen LogP) is 3.72. The normalized spacial score (nSPS) is 18.8. The predicted molar refractivity (Wildman–Crippen MR) is 106 cm³/mol. The molecule has 2 fully saturated rings. The van der Waals surface area contributed by atoms with Gasteiger partial charge in [-0.2, -0.15) is 0 Å². The van der Waals surface area contributed by atoms with E-state index in [1.165, 1.54) is 11.3 Å². The summed E-state index contributed by atoms with van der Waals surface area (Å²) in [6.45, 7) is 6.95. The van der Waals surface area contributed by atoms with E-state index in [-0.39, 0.29) is 11.8 Å². The number of amides is 1. The summed E-state index contributed by atoms with van der Waals surface area (Å²) in [6, 6.07) is 3.90. The van der Waals surface area contributed by atoms with Gasteiger partial charge in [-0.3, -0.25) is 14.6 Å². The Hall–Kier alpha value is -1.21. The fourth-order valence-corrected chi connectivity index (χ4v) is 4.80. The molecule has 5 nitrogen and oxygen atoms in total. The van der Waals surface area contributed by atoms with E-state index in [4.69, 9.17) is 21.3 Å². The molecule has 2 heterocycles. The van der Waals surface area contributed by atoms with Gasteiger partial charge in [0, 0.05) is 32.1 Å². The van der Waals surface area contributed by atoms with Crippen molar-refractivity contribution in [3.63, 3.8) is 0 Å². The molecule has 0 unspecified atom stereocenters. The number of fused-ring (bicyclic) bond motifs is 1. The minimum absolute atomic E-state index is 0.156. The standard InChI is InChI=1S/C19H24ClN3O2S/c1-13-5-6-15(20)17-16(13)21-19(26-17)23(18(24)14-3-2-4-14)8-7-22-9-11-25-12-10-22/h5-6,14H,2-4,7-12H2,1H3. The van der Waals surface area contributed by atoms with Gasteiger partial charge >= 0.3 is 0 Å². The van der Waals surface area contributed by atoms with E-state index in [0.717, 1.165) is 73.0 Å². The third-order valence-electron chi connectivity index (χ3n) is 5.38. The molecule has 1 aromatic carbocycles. The number of ether oxygens (including phenoxy) is 1. The fourth-order valence-electron chi connectivity index (χ4n) is 3.45. The van der Waals surface area contributed by atoms with Gasteiger partial charge in [-0.1, -0.05) is 35.4 Å². The number of anilines is 1. The molecule has 140 valence electrons. The van der Waals surface area contributed by atoms with E-state index in [1.807, 2.05) is 24.0 Å². The van der Waals surface area contributed by atoms with Crippen molar-refractivity contribution in [1.29, 1.82) is 0 Å². The van der Waals surface area contributed by atoms with Crippen molar-refractivity contribution in [2.45, 2.75) is 26.2 Å². The molecular formula is C19H24ClN3O2S. The second kappa shape index (κ2) is 7.80. The average molecular weight is 394 g/mol. The Labute approximate surface area is 162 Å². The van der Waals surface area contributed by atoms with Crippen LogP contribution in [-0.4, -0.2) is 55.2 Å². The molecule has 7 heteroatoms. The van der Waals surface area contributed by atoms with Gasteiger partial charge < -0.3 is 4.74 Å². The summed E-state index contributed by atoms with van der Waals surface area (Å²) in [5, 5.41) is 1.49. The highest BCUT2D eigenvalue weighted by Gasteiger charge is 2.32. The Bertz CT molecular complexity index is 760. The molecule has 0 spiro atoms. The van der Waals surface area contributed by atoms with Gasteiger partial charge in [0.1, 0.15) is 0 Å². The highest BCUT2D eigenvalue weighted by Crippen LogP contribution is 2.37. The minimum Gasteiger partial charge on any atom is -0.379 e. The molecule has 0 bridgehead atoms. The largest absolute Gasteiger partial charge is 0.379 e. The summed E-state index contributed by atoms with van der Waals surface area (Å²) < 4.78 is 6.39. The topological polar surface area (TPSA) is 45.7 Å². The third kappa shape index (κ3) is 3.60. The summed E-state index contributed by atoms with van der Waals surface area (Å²) in [6.07, 6.45) is 3.15. The molecule has 1 aromatic heterocycles. The molecule has 1 saturated heterocycles. The first-order valence-electron chi connectivity index (χ1n) is 9.30. The van der Waals surface area contributed by atoms with Crippen molar-refractivity contribution in [2.75, 3.05) is 44.3 Å². The highest BCUT2D eigenvalue weighted by molar-refractivity contribution is 7.23. The first-order chi connectivity index (χ1) is 12.6. The molecule has 4 rings (SSSR count). The minimum atomic E-state index is 0.156. The second-order valence-corrected chi connectivity index (χ2v) is 8.49. The maximum Gasteiger partial charge on any atom is 0.231 e. The Balaban J connectivity index is 1.60. The third-order valence-corrected chi connectivity index (χ3v) is 6.92. The molecule has 0 radical (unpaired) electrons. The van der Waals surface area contributed by atoms with E-state index >= 15 is 0 Å². The number of carbonyl (C=O) groups excluding carboxylic acids is 1. The van der Waals surface area contributed by atoms with Gasteiger partial charge in [-0.05, 0) is 31.4 Å². The number of carbonyl (C=O) groups is 1. The van der Waals surface area contributed by atoms with Crippen molar-refractivity contribution in [1.82, 2.24) is 9.88 Å². The zero-order valence-corrected chi connectivity index (χ0v) is 16.6. The number of morpholine rings is 1. The van der Waals surface area contributed by atoms with Gasteiger partial charge in [0.2, 0.25) is 5.91 Å². The van der Waals surface area contributed by atoms with Crippen LogP contribution in [0.5, 0.6) is 0 Å². The number of thiazole rings is 1.